The molecule has 0 fully saturated rings. The monoisotopic (exact) mass is 398 g/mol. The minimum atomic E-state index is -0.891. The molecule has 1 N–H and O–H groups in total. The zero-order chi connectivity index (χ0) is 19.5. The molecular weight excluding hydrogens is 386 g/mol. The highest BCUT2D eigenvalue weighted by Gasteiger charge is 2.11. The summed E-state index contributed by atoms with van der Waals surface area (Å²) in [5.74, 6) is -2.11. The molecule has 0 aliphatic heterocycles. The van der Waals surface area contributed by atoms with Gasteiger partial charge in [0.05, 0.1) is 5.69 Å². The number of nitrogens with zero attached hydrogens (tertiary/aromatic N) is 5. The Morgan fingerprint density at radius 3 is 2.82 bits per heavy atom. The van der Waals surface area contributed by atoms with E-state index in [1.165, 1.54) is 28.4 Å². The molecule has 0 saturated heterocycles. The summed E-state index contributed by atoms with van der Waals surface area (Å²) in [6.45, 7) is 0. The van der Waals surface area contributed by atoms with E-state index in [1.54, 1.807) is 30.5 Å². The minimum absolute atomic E-state index is 0.330. The Hall–Kier alpha value is -3.53. The highest BCUT2D eigenvalue weighted by molar-refractivity contribution is 7.15. The summed E-state index contributed by atoms with van der Waals surface area (Å²) >= 11 is 1.27. The second kappa shape index (κ2) is 7.61. The predicted molar refractivity (Wildman–Crippen MR) is 98.4 cm³/mol. The summed E-state index contributed by atoms with van der Waals surface area (Å²) in [7, 11) is 0. The Bertz CT molecular complexity index is 1130. The van der Waals surface area contributed by atoms with Crippen LogP contribution in [0.3, 0.4) is 0 Å². The third-order valence-corrected chi connectivity index (χ3v) is 4.77. The molecule has 2 aromatic carbocycles. The molecular formula is C18H12F2N6OS. The Morgan fingerprint density at radius 2 is 2.04 bits per heavy atom. The van der Waals surface area contributed by atoms with Gasteiger partial charge in [0, 0.05) is 23.1 Å². The molecule has 0 radical (unpaired) electrons. The summed E-state index contributed by atoms with van der Waals surface area (Å²) in [6, 6.07) is 10.6. The lowest BCUT2D eigenvalue weighted by Gasteiger charge is -2.04. The molecule has 0 saturated carbocycles. The smallest absolute Gasteiger partial charge is 0.257 e. The van der Waals surface area contributed by atoms with E-state index >= 15 is 0 Å². The summed E-state index contributed by atoms with van der Waals surface area (Å²) in [4.78, 5) is 17.5. The van der Waals surface area contributed by atoms with E-state index in [9.17, 15) is 13.6 Å². The zero-order valence-corrected chi connectivity index (χ0v) is 15.0. The maximum atomic E-state index is 13.3. The van der Waals surface area contributed by atoms with Gasteiger partial charge in [0.15, 0.2) is 16.8 Å². The molecule has 2 heterocycles. The van der Waals surface area contributed by atoms with Crippen LogP contribution >= 0.6 is 11.3 Å². The van der Waals surface area contributed by atoms with Crippen LogP contribution in [0.5, 0.6) is 0 Å². The number of tetrazole rings is 1. The minimum Gasteiger partial charge on any atom is -0.298 e. The maximum Gasteiger partial charge on any atom is 0.257 e. The number of carbonyl (C=O) groups is 1. The number of aromatic nitrogens is 5. The first kappa shape index (κ1) is 17.9. The normalized spacial score (nSPS) is 10.8. The molecule has 0 atom stereocenters. The van der Waals surface area contributed by atoms with Crippen molar-refractivity contribution in [3.63, 3.8) is 0 Å². The predicted octanol–water partition coefficient (Wildman–Crippen LogP) is 3.24. The van der Waals surface area contributed by atoms with Crippen molar-refractivity contribution in [2.75, 3.05) is 5.32 Å². The highest BCUT2D eigenvalue weighted by atomic mass is 32.1. The van der Waals surface area contributed by atoms with E-state index in [-0.39, 0.29) is 5.91 Å². The van der Waals surface area contributed by atoms with Crippen molar-refractivity contribution in [3.8, 4) is 5.69 Å². The molecule has 4 rings (SSSR count). The van der Waals surface area contributed by atoms with Crippen LogP contribution in [0.2, 0.25) is 0 Å². The Balaban J connectivity index is 1.45. The van der Waals surface area contributed by atoms with E-state index in [1.807, 2.05) is 0 Å². The molecule has 0 aliphatic carbocycles. The van der Waals surface area contributed by atoms with Gasteiger partial charge in [-0.15, -0.1) is 16.4 Å². The van der Waals surface area contributed by atoms with E-state index in [0.29, 0.717) is 28.4 Å². The van der Waals surface area contributed by atoms with Crippen molar-refractivity contribution in [1.82, 2.24) is 25.2 Å². The van der Waals surface area contributed by atoms with Gasteiger partial charge in [-0.05, 0) is 46.3 Å². The Kier molecular flexibility index (Phi) is 4.85. The molecule has 28 heavy (non-hydrogen) atoms. The molecule has 0 spiro atoms. The van der Waals surface area contributed by atoms with Crippen LogP contribution < -0.4 is 5.32 Å². The third kappa shape index (κ3) is 3.91. The number of thiazole rings is 1. The van der Waals surface area contributed by atoms with E-state index in [4.69, 9.17) is 0 Å². The summed E-state index contributed by atoms with van der Waals surface area (Å²) in [6.07, 6.45) is 3.42. The van der Waals surface area contributed by atoms with Gasteiger partial charge in [-0.1, -0.05) is 12.1 Å². The lowest BCUT2D eigenvalue weighted by atomic mass is 10.1. The standard InChI is InChI=1S/C18H12F2N6OS/c19-15-5-4-11(7-16(15)20)6-14-9-21-18(28-14)23-17(27)12-2-1-3-13(8-12)26-10-22-24-25-26/h1-5,7-10H,6H2,(H,21,23,27). The molecule has 0 bridgehead atoms. The van der Waals surface area contributed by atoms with Gasteiger partial charge < -0.3 is 0 Å². The van der Waals surface area contributed by atoms with Crippen molar-refractivity contribution >= 4 is 22.4 Å². The number of hydrogen-bond donors (Lipinski definition) is 1. The van der Waals surface area contributed by atoms with Crippen LogP contribution in [0.25, 0.3) is 5.69 Å². The second-order valence-electron chi connectivity index (χ2n) is 5.82. The summed E-state index contributed by atoms with van der Waals surface area (Å²) in [5, 5.41) is 14.1. The van der Waals surface area contributed by atoms with Crippen molar-refractivity contribution in [3.05, 3.63) is 82.6 Å². The first-order chi connectivity index (χ1) is 13.6. The van der Waals surface area contributed by atoms with Crippen molar-refractivity contribution in [2.24, 2.45) is 0 Å². The maximum absolute atomic E-state index is 13.3. The average Bonchev–Trinajstić information content (AvgIpc) is 3.37. The summed E-state index contributed by atoms with van der Waals surface area (Å²) in [5.41, 5.74) is 1.69. The van der Waals surface area contributed by atoms with Gasteiger partial charge in [-0.25, -0.2) is 18.4 Å². The van der Waals surface area contributed by atoms with Crippen LogP contribution in [0.4, 0.5) is 13.9 Å². The quantitative estimate of drug-likeness (QED) is 0.558. The molecule has 4 aromatic rings. The molecule has 1 amide bonds. The first-order valence-corrected chi connectivity index (χ1v) is 8.93. The van der Waals surface area contributed by atoms with Crippen molar-refractivity contribution in [2.45, 2.75) is 6.42 Å². The van der Waals surface area contributed by atoms with Gasteiger partial charge in [-0.2, -0.15) is 0 Å². The van der Waals surface area contributed by atoms with Gasteiger partial charge >= 0.3 is 0 Å². The molecule has 2 aromatic heterocycles. The van der Waals surface area contributed by atoms with Gasteiger partial charge in [-0.3, -0.25) is 10.1 Å². The van der Waals surface area contributed by atoms with Gasteiger partial charge in [0.1, 0.15) is 6.33 Å². The van der Waals surface area contributed by atoms with Crippen LogP contribution in [-0.4, -0.2) is 31.1 Å². The van der Waals surface area contributed by atoms with Crippen LogP contribution in [0.1, 0.15) is 20.8 Å². The SMILES string of the molecule is O=C(Nc1ncc(Cc2ccc(F)c(F)c2)s1)c1cccc(-n2cnnn2)c1. The number of hydrogen-bond acceptors (Lipinski definition) is 6. The van der Waals surface area contributed by atoms with E-state index in [2.05, 4.69) is 25.8 Å². The van der Waals surface area contributed by atoms with Crippen LogP contribution in [0, 0.1) is 11.6 Å². The van der Waals surface area contributed by atoms with E-state index in [0.717, 1.165) is 17.0 Å². The topological polar surface area (TPSA) is 85.6 Å². The summed E-state index contributed by atoms with van der Waals surface area (Å²) < 4.78 is 27.8. The second-order valence-corrected chi connectivity index (χ2v) is 6.93. The number of carbonyl (C=O) groups excluding carboxylic acids is 1. The number of halogens is 2. The zero-order valence-electron chi connectivity index (χ0n) is 14.2. The molecule has 0 unspecified atom stereocenters. The van der Waals surface area contributed by atoms with Gasteiger partial charge in [0.2, 0.25) is 0 Å². The molecule has 10 heteroatoms. The molecule has 7 nitrogen and oxygen atoms in total. The number of amides is 1. The molecule has 140 valence electrons. The number of rotatable bonds is 5. The first-order valence-electron chi connectivity index (χ1n) is 8.12. The number of anilines is 1. The molecule has 0 aliphatic rings. The fourth-order valence-corrected chi connectivity index (χ4v) is 3.38. The average molecular weight is 398 g/mol. The van der Waals surface area contributed by atoms with Gasteiger partial charge in [0.25, 0.3) is 5.91 Å². The lowest BCUT2D eigenvalue weighted by Crippen LogP contribution is -2.12. The van der Waals surface area contributed by atoms with Crippen LogP contribution in [0.15, 0.2) is 55.0 Å². The van der Waals surface area contributed by atoms with Crippen molar-refractivity contribution in [1.29, 1.82) is 0 Å². The fraction of sp³-hybridized carbons (Fsp3) is 0.0556. The number of nitrogens with one attached hydrogen (secondary N) is 1. The van der Waals surface area contributed by atoms with Crippen molar-refractivity contribution < 1.29 is 13.6 Å². The number of benzene rings is 2. The highest BCUT2D eigenvalue weighted by Crippen LogP contribution is 2.23. The third-order valence-electron chi connectivity index (χ3n) is 3.86. The Morgan fingerprint density at radius 1 is 1.14 bits per heavy atom. The van der Waals surface area contributed by atoms with Crippen LogP contribution in [-0.2, 0) is 6.42 Å². The Labute approximate surface area is 161 Å². The fourth-order valence-electron chi connectivity index (χ4n) is 2.54. The lowest BCUT2D eigenvalue weighted by molar-refractivity contribution is 0.102. The largest absolute Gasteiger partial charge is 0.298 e. The van der Waals surface area contributed by atoms with E-state index < -0.39 is 11.6 Å².